The van der Waals surface area contributed by atoms with Gasteiger partial charge in [-0.15, -0.1) is 0 Å². The van der Waals surface area contributed by atoms with Gasteiger partial charge in [-0.05, 0) is 42.0 Å². The number of para-hydroxylation sites is 1. The van der Waals surface area contributed by atoms with Crippen LogP contribution in [0, 0.1) is 0 Å². The Morgan fingerprint density at radius 1 is 0.906 bits per heavy atom. The zero-order valence-corrected chi connectivity index (χ0v) is 17.0. The van der Waals surface area contributed by atoms with Gasteiger partial charge in [0.25, 0.3) is 5.91 Å². The minimum absolute atomic E-state index is 0.0821. The lowest BCUT2D eigenvalue weighted by Crippen LogP contribution is -2.43. The van der Waals surface area contributed by atoms with E-state index in [2.05, 4.69) is 15.4 Å². The lowest BCUT2D eigenvalue weighted by atomic mass is 10.0. The van der Waals surface area contributed by atoms with Crippen molar-refractivity contribution in [2.75, 3.05) is 23.4 Å². The molecule has 1 amide bonds. The molecule has 6 rings (SSSR count). The highest BCUT2D eigenvalue weighted by Crippen LogP contribution is 2.40. The van der Waals surface area contributed by atoms with E-state index < -0.39 is 6.17 Å². The highest BCUT2D eigenvalue weighted by atomic mass is 16.6. The van der Waals surface area contributed by atoms with Crippen molar-refractivity contribution in [3.05, 3.63) is 90.5 Å². The number of amides is 1. The quantitative estimate of drug-likeness (QED) is 0.538. The molecule has 32 heavy (non-hydrogen) atoms. The van der Waals surface area contributed by atoms with Crippen molar-refractivity contribution in [1.29, 1.82) is 0 Å². The molecular weight excluding hydrogens is 406 g/mol. The van der Waals surface area contributed by atoms with Crippen molar-refractivity contribution >= 4 is 17.3 Å². The predicted molar refractivity (Wildman–Crippen MR) is 118 cm³/mol. The zero-order valence-electron chi connectivity index (χ0n) is 17.0. The van der Waals surface area contributed by atoms with Crippen LogP contribution in [0.4, 0.5) is 11.4 Å². The summed E-state index contributed by atoms with van der Waals surface area (Å²) in [6.45, 7) is 1.00. The summed E-state index contributed by atoms with van der Waals surface area (Å²) < 4.78 is 13.1. The number of nitrogens with one attached hydrogen (secondary N) is 1. The number of nitrogens with zero attached hydrogens (tertiary/aromatic N) is 4. The summed E-state index contributed by atoms with van der Waals surface area (Å²) in [6.07, 6.45) is 2.75. The number of hydrogen-bond acceptors (Lipinski definition) is 6. The van der Waals surface area contributed by atoms with E-state index in [4.69, 9.17) is 9.47 Å². The Hall–Kier alpha value is -4.33. The predicted octanol–water partition coefficient (Wildman–Crippen LogP) is 3.81. The SMILES string of the molecule is O=C1c2ccccc2N[C@H](c2ccc(-n3cncn3)cc2)N1c1ccc2c(c1)OCCO2. The van der Waals surface area contributed by atoms with Crippen LogP contribution in [0.3, 0.4) is 0 Å². The molecule has 8 heteroatoms. The molecule has 0 aliphatic carbocycles. The summed E-state index contributed by atoms with van der Waals surface area (Å²) in [5, 5.41) is 7.70. The third kappa shape index (κ3) is 3.04. The third-order valence-corrected chi connectivity index (χ3v) is 5.62. The van der Waals surface area contributed by atoms with Crippen LogP contribution in [-0.4, -0.2) is 33.9 Å². The second-order valence-corrected chi connectivity index (χ2v) is 7.53. The van der Waals surface area contributed by atoms with Crippen LogP contribution >= 0.6 is 0 Å². The number of aromatic nitrogens is 3. The van der Waals surface area contributed by atoms with E-state index in [1.807, 2.05) is 66.7 Å². The molecule has 0 radical (unpaired) electrons. The van der Waals surface area contributed by atoms with Crippen LogP contribution in [-0.2, 0) is 0 Å². The van der Waals surface area contributed by atoms with Crippen molar-refractivity contribution in [1.82, 2.24) is 14.8 Å². The first-order chi connectivity index (χ1) is 15.8. The molecule has 0 bridgehead atoms. The first-order valence-corrected chi connectivity index (χ1v) is 10.3. The topological polar surface area (TPSA) is 81.5 Å². The Labute approximate surface area is 184 Å². The number of anilines is 2. The van der Waals surface area contributed by atoms with Crippen LogP contribution < -0.4 is 19.7 Å². The van der Waals surface area contributed by atoms with Gasteiger partial charge in [-0.2, -0.15) is 5.10 Å². The van der Waals surface area contributed by atoms with Gasteiger partial charge >= 0.3 is 0 Å². The third-order valence-electron chi connectivity index (χ3n) is 5.62. The van der Waals surface area contributed by atoms with Crippen LogP contribution in [0.25, 0.3) is 5.69 Å². The normalized spacial score (nSPS) is 16.9. The number of rotatable bonds is 3. The van der Waals surface area contributed by atoms with E-state index >= 15 is 0 Å². The van der Waals surface area contributed by atoms with E-state index in [1.54, 1.807) is 15.9 Å². The molecule has 0 saturated heterocycles. The van der Waals surface area contributed by atoms with Gasteiger partial charge in [0.15, 0.2) is 11.5 Å². The average Bonchev–Trinajstić information content (AvgIpc) is 3.39. The Morgan fingerprint density at radius 2 is 1.69 bits per heavy atom. The first kappa shape index (κ1) is 18.4. The van der Waals surface area contributed by atoms with Gasteiger partial charge in [0.2, 0.25) is 0 Å². The minimum Gasteiger partial charge on any atom is -0.486 e. The van der Waals surface area contributed by atoms with Crippen LogP contribution in [0.15, 0.2) is 79.4 Å². The number of carbonyl (C=O) groups excluding carboxylic acids is 1. The molecule has 3 heterocycles. The van der Waals surface area contributed by atoms with Gasteiger partial charge < -0.3 is 14.8 Å². The van der Waals surface area contributed by atoms with Crippen LogP contribution in [0.5, 0.6) is 11.5 Å². The number of hydrogen-bond donors (Lipinski definition) is 1. The molecule has 3 aromatic carbocycles. The van der Waals surface area contributed by atoms with Gasteiger partial charge in [-0.1, -0.05) is 24.3 Å². The van der Waals surface area contributed by atoms with E-state index in [9.17, 15) is 4.79 Å². The maximum absolute atomic E-state index is 13.6. The molecular formula is C24H19N5O3. The summed E-state index contributed by atoms with van der Waals surface area (Å²) in [7, 11) is 0. The second kappa shape index (κ2) is 7.42. The van der Waals surface area contributed by atoms with Crippen molar-refractivity contribution in [3.8, 4) is 17.2 Å². The maximum atomic E-state index is 13.6. The second-order valence-electron chi connectivity index (χ2n) is 7.53. The molecule has 2 aliphatic heterocycles. The van der Waals surface area contributed by atoms with Gasteiger partial charge in [0, 0.05) is 11.8 Å². The number of carbonyl (C=O) groups is 1. The highest BCUT2D eigenvalue weighted by Gasteiger charge is 2.34. The van der Waals surface area contributed by atoms with E-state index in [0.29, 0.717) is 30.3 Å². The molecule has 8 nitrogen and oxygen atoms in total. The monoisotopic (exact) mass is 425 g/mol. The summed E-state index contributed by atoms with van der Waals surface area (Å²) >= 11 is 0. The minimum atomic E-state index is -0.398. The molecule has 4 aromatic rings. The summed E-state index contributed by atoms with van der Waals surface area (Å²) in [5.74, 6) is 1.24. The van der Waals surface area contributed by atoms with Gasteiger partial charge in [-0.25, -0.2) is 9.67 Å². The smallest absolute Gasteiger partial charge is 0.262 e. The van der Waals surface area contributed by atoms with Crippen molar-refractivity contribution in [2.24, 2.45) is 0 Å². The molecule has 1 atom stereocenters. The fraction of sp³-hybridized carbons (Fsp3) is 0.125. The van der Waals surface area contributed by atoms with Crippen molar-refractivity contribution < 1.29 is 14.3 Å². The molecule has 1 N–H and O–H groups in total. The molecule has 158 valence electrons. The standard InChI is InChI=1S/C24H19N5O3/c30-24-19-3-1-2-4-20(19)27-23(16-5-7-17(8-6-16)28-15-25-14-26-28)29(24)18-9-10-21-22(13-18)32-12-11-31-21/h1-10,13-15,23,27H,11-12H2/t23-/m0/s1. The fourth-order valence-corrected chi connectivity index (χ4v) is 4.09. The van der Waals surface area contributed by atoms with Crippen LogP contribution in [0.2, 0.25) is 0 Å². The number of ether oxygens (including phenoxy) is 2. The Bertz CT molecular complexity index is 1290. The number of fused-ring (bicyclic) bond motifs is 2. The Morgan fingerprint density at radius 3 is 2.50 bits per heavy atom. The van der Waals surface area contributed by atoms with E-state index in [1.165, 1.54) is 6.33 Å². The molecule has 0 saturated carbocycles. The van der Waals surface area contributed by atoms with E-state index in [-0.39, 0.29) is 5.91 Å². The maximum Gasteiger partial charge on any atom is 0.262 e. The van der Waals surface area contributed by atoms with Crippen LogP contribution in [0.1, 0.15) is 22.1 Å². The van der Waals surface area contributed by atoms with E-state index in [0.717, 1.165) is 22.6 Å². The first-order valence-electron chi connectivity index (χ1n) is 10.3. The van der Waals surface area contributed by atoms with Gasteiger partial charge in [0.05, 0.1) is 16.9 Å². The fourth-order valence-electron chi connectivity index (χ4n) is 4.09. The van der Waals surface area contributed by atoms with Gasteiger partial charge in [-0.3, -0.25) is 9.69 Å². The summed E-state index contributed by atoms with van der Waals surface area (Å²) in [6, 6.07) is 21.0. The largest absolute Gasteiger partial charge is 0.486 e. The van der Waals surface area contributed by atoms with Crippen molar-refractivity contribution in [3.63, 3.8) is 0 Å². The van der Waals surface area contributed by atoms with Crippen molar-refractivity contribution in [2.45, 2.75) is 6.17 Å². The lowest BCUT2D eigenvalue weighted by Gasteiger charge is -2.38. The number of benzene rings is 3. The molecule has 1 aromatic heterocycles. The summed E-state index contributed by atoms with van der Waals surface area (Å²) in [4.78, 5) is 19.4. The van der Waals surface area contributed by atoms with Gasteiger partial charge in [0.1, 0.15) is 32.0 Å². The Kier molecular flexibility index (Phi) is 4.28. The average molecular weight is 425 g/mol. The molecule has 0 fully saturated rings. The molecule has 2 aliphatic rings. The highest BCUT2D eigenvalue weighted by molar-refractivity contribution is 6.12. The Balaban J connectivity index is 1.43. The molecule has 0 unspecified atom stereocenters. The molecule has 0 spiro atoms. The summed E-state index contributed by atoms with van der Waals surface area (Å²) in [5.41, 5.74) is 3.98. The zero-order chi connectivity index (χ0) is 21.5. The lowest BCUT2D eigenvalue weighted by molar-refractivity contribution is 0.0974.